The molecule has 0 bridgehead atoms. The fourth-order valence-corrected chi connectivity index (χ4v) is 4.66. The number of carbonyl (C=O) groups excluding carboxylic acids is 1. The first-order valence-electron chi connectivity index (χ1n) is 6.95. The molecule has 3 aromatic rings. The number of anilines is 1. The molecule has 11 heteroatoms. The molecule has 0 atom stereocenters. The average molecular weight is 379 g/mol. The van der Waals surface area contributed by atoms with Gasteiger partial charge in [-0.1, -0.05) is 6.07 Å². The van der Waals surface area contributed by atoms with E-state index in [9.17, 15) is 13.2 Å². The summed E-state index contributed by atoms with van der Waals surface area (Å²) in [4.78, 5) is 11.6. The summed E-state index contributed by atoms with van der Waals surface area (Å²) in [5.41, 5.74) is 1.62. The van der Waals surface area contributed by atoms with Gasteiger partial charge in [-0.25, -0.2) is 17.9 Å². The van der Waals surface area contributed by atoms with Crippen LogP contribution in [0.25, 0.3) is 5.69 Å². The zero-order chi connectivity index (χ0) is 18.0. The normalized spacial score (nSPS) is 11.3. The van der Waals surface area contributed by atoms with E-state index in [1.807, 2.05) is 0 Å². The Hall–Kier alpha value is -2.79. The van der Waals surface area contributed by atoms with Crippen LogP contribution in [0.3, 0.4) is 0 Å². The summed E-state index contributed by atoms with van der Waals surface area (Å²) in [7, 11) is -2.77. The number of carbonyl (C=O) groups is 1. The predicted octanol–water partition coefficient (Wildman–Crippen LogP) is 1.62. The zero-order valence-corrected chi connectivity index (χ0v) is 14.8. The molecule has 0 aliphatic heterocycles. The SMILES string of the molecule is COC(=O)c1sccc1S(=O)(=O)Nc1cccc(-n2cnnn2)c1C. The number of hydrogen-bond donors (Lipinski definition) is 1. The lowest BCUT2D eigenvalue weighted by atomic mass is 10.1. The highest BCUT2D eigenvalue weighted by molar-refractivity contribution is 7.93. The molecule has 0 aliphatic rings. The molecule has 2 heterocycles. The van der Waals surface area contributed by atoms with Crippen molar-refractivity contribution in [3.05, 3.63) is 46.4 Å². The maximum absolute atomic E-state index is 12.7. The summed E-state index contributed by atoms with van der Waals surface area (Å²) in [5.74, 6) is -0.700. The minimum atomic E-state index is -3.97. The molecular formula is C14H13N5O4S2. The fraction of sp³-hybridized carbons (Fsp3) is 0.143. The summed E-state index contributed by atoms with van der Waals surface area (Å²) in [6, 6.07) is 6.41. The van der Waals surface area contributed by atoms with E-state index in [2.05, 4.69) is 25.0 Å². The molecule has 130 valence electrons. The molecule has 0 fully saturated rings. The molecule has 0 spiro atoms. The first-order valence-corrected chi connectivity index (χ1v) is 9.32. The number of thiophene rings is 1. The lowest BCUT2D eigenvalue weighted by Crippen LogP contribution is -2.17. The molecular weight excluding hydrogens is 366 g/mol. The monoisotopic (exact) mass is 379 g/mol. The van der Waals surface area contributed by atoms with E-state index in [-0.39, 0.29) is 9.77 Å². The highest BCUT2D eigenvalue weighted by Crippen LogP contribution is 2.28. The van der Waals surface area contributed by atoms with Gasteiger partial charge < -0.3 is 4.74 Å². The van der Waals surface area contributed by atoms with Gasteiger partial charge in [0.15, 0.2) is 0 Å². The quantitative estimate of drug-likeness (QED) is 0.670. The van der Waals surface area contributed by atoms with Gasteiger partial charge in [-0.05, 0) is 46.5 Å². The Balaban J connectivity index is 1.99. The Morgan fingerprint density at radius 2 is 2.12 bits per heavy atom. The van der Waals surface area contributed by atoms with Crippen LogP contribution < -0.4 is 4.72 Å². The van der Waals surface area contributed by atoms with E-state index >= 15 is 0 Å². The Morgan fingerprint density at radius 1 is 1.32 bits per heavy atom. The van der Waals surface area contributed by atoms with E-state index in [1.165, 1.54) is 29.6 Å². The van der Waals surface area contributed by atoms with E-state index < -0.39 is 16.0 Å². The number of methoxy groups -OCH3 is 1. The van der Waals surface area contributed by atoms with Crippen LogP contribution in [-0.2, 0) is 14.8 Å². The predicted molar refractivity (Wildman–Crippen MR) is 90.4 cm³/mol. The van der Waals surface area contributed by atoms with Crippen molar-refractivity contribution in [1.82, 2.24) is 20.2 Å². The van der Waals surface area contributed by atoms with Gasteiger partial charge in [0.05, 0.1) is 18.5 Å². The molecule has 0 saturated heterocycles. The summed E-state index contributed by atoms with van der Waals surface area (Å²) < 4.78 is 33.9. The van der Waals surface area contributed by atoms with E-state index in [4.69, 9.17) is 0 Å². The number of nitrogens with zero attached hydrogens (tertiary/aromatic N) is 4. The van der Waals surface area contributed by atoms with Crippen molar-refractivity contribution in [2.75, 3.05) is 11.8 Å². The third-order valence-corrected chi connectivity index (χ3v) is 5.87. The minimum Gasteiger partial charge on any atom is -0.465 e. The van der Waals surface area contributed by atoms with Crippen LogP contribution in [0.5, 0.6) is 0 Å². The lowest BCUT2D eigenvalue weighted by molar-refractivity contribution is 0.0602. The number of sulfonamides is 1. The van der Waals surface area contributed by atoms with Crippen LogP contribution in [0.15, 0.2) is 40.9 Å². The van der Waals surface area contributed by atoms with Gasteiger partial charge in [0.2, 0.25) is 0 Å². The standard InChI is InChI=1S/C14H13N5O4S2/c1-9-10(4-3-5-11(9)19-8-15-17-18-19)16-25(21,22)12-6-7-24-13(12)14(20)23-2/h3-8,16H,1-2H3. The molecule has 0 aliphatic carbocycles. The third-order valence-electron chi connectivity index (χ3n) is 3.43. The molecule has 9 nitrogen and oxygen atoms in total. The van der Waals surface area contributed by atoms with Crippen LogP contribution in [0, 0.1) is 6.92 Å². The van der Waals surface area contributed by atoms with Crippen LogP contribution in [0.1, 0.15) is 15.2 Å². The summed E-state index contributed by atoms with van der Waals surface area (Å²) in [5, 5.41) is 12.5. The molecule has 0 radical (unpaired) electrons. The number of tetrazole rings is 1. The van der Waals surface area contributed by atoms with Gasteiger partial charge in [0, 0.05) is 0 Å². The molecule has 25 heavy (non-hydrogen) atoms. The van der Waals surface area contributed by atoms with Crippen molar-refractivity contribution in [1.29, 1.82) is 0 Å². The van der Waals surface area contributed by atoms with Crippen LogP contribution in [0.4, 0.5) is 5.69 Å². The van der Waals surface area contributed by atoms with Crippen molar-refractivity contribution in [2.45, 2.75) is 11.8 Å². The van der Waals surface area contributed by atoms with Gasteiger partial charge >= 0.3 is 5.97 Å². The highest BCUT2D eigenvalue weighted by Gasteiger charge is 2.25. The highest BCUT2D eigenvalue weighted by atomic mass is 32.2. The van der Waals surface area contributed by atoms with Gasteiger partial charge in [-0.2, -0.15) is 0 Å². The summed E-state index contributed by atoms with van der Waals surface area (Å²) in [6.45, 7) is 1.74. The number of benzene rings is 1. The molecule has 3 rings (SSSR count). The third kappa shape index (κ3) is 3.23. The van der Waals surface area contributed by atoms with Crippen molar-refractivity contribution in [3.63, 3.8) is 0 Å². The Kier molecular flexibility index (Phi) is 4.51. The number of esters is 1. The second-order valence-corrected chi connectivity index (χ2v) is 7.48. The number of nitrogens with one attached hydrogen (secondary N) is 1. The van der Waals surface area contributed by atoms with E-state index in [1.54, 1.807) is 25.1 Å². The largest absolute Gasteiger partial charge is 0.465 e. The van der Waals surface area contributed by atoms with E-state index in [0.717, 1.165) is 11.3 Å². The van der Waals surface area contributed by atoms with Crippen LogP contribution in [-0.4, -0.2) is 41.7 Å². The van der Waals surface area contributed by atoms with Gasteiger partial charge in [-0.15, -0.1) is 16.4 Å². The Bertz CT molecular complexity index is 1010. The van der Waals surface area contributed by atoms with Crippen molar-refractivity contribution >= 4 is 33.0 Å². The number of hydrogen-bond acceptors (Lipinski definition) is 8. The van der Waals surface area contributed by atoms with Crippen molar-refractivity contribution in [2.24, 2.45) is 0 Å². The smallest absolute Gasteiger partial charge is 0.349 e. The second kappa shape index (κ2) is 6.61. The fourth-order valence-electron chi connectivity index (χ4n) is 2.20. The topological polar surface area (TPSA) is 116 Å². The van der Waals surface area contributed by atoms with E-state index in [0.29, 0.717) is 16.9 Å². The van der Waals surface area contributed by atoms with Crippen LogP contribution >= 0.6 is 11.3 Å². The second-order valence-electron chi connectivity index (χ2n) is 4.92. The maximum atomic E-state index is 12.7. The first kappa shape index (κ1) is 17.0. The molecule has 1 aromatic carbocycles. The van der Waals surface area contributed by atoms with Crippen molar-refractivity contribution in [3.8, 4) is 5.69 Å². The summed E-state index contributed by atoms with van der Waals surface area (Å²) in [6.07, 6.45) is 1.41. The number of rotatable bonds is 5. The molecule has 0 unspecified atom stereocenters. The maximum Gasteiger partial charge on any atom is 0.349 e. The van der Waals surface area contributed by atoms with Crippen LogP contribution in [0.2, 0.25) is 0 Å². The van der Waals surface area contributed by atoms with Crippen molar-refractivity contribution < 1.29 is 17.9 Å². The zero-order valence-electron chi connectivity index (χ0n) is 13.2. The molecule has 0 amide bonds. The Morgan fingerprint density at radius 3 is 2.80 bits per heavy atom. The molecule has 2 aromatic heterocycles. The first-order chi connectivity index (χ1) is 11.9. The number of aromatic nitrogens is 4. The minimum absolute atomic E-state index is 0.0179. The van der Waals surface area contributed by atoms with Gasteiger partial charge in [0.25, 0.3) is 10.0 Å². The summed E-state index contributed by atoms with van der Waals surface area (Å²) >= 11 is 1.00. The van der Waals surface area contributed by atoms with Gasteiger partial charge in [-0.3, -0.25) is 4.72 Å². The molecule has 1 N–H and O–H groups in total. The average Bonchev–Trinajstić information content (AvgIpc) is 3.27. The Labute approximate surface area is 147 Å². The van der Waals surface area contributed by atoms with Gasteiger partial charge in [0.1, 0.15) is 16.1 Å². The molecule has 0 saturated carbocycles. The lowest BCUT2D eigenvalue weighted by Gasteiger charge is -2.13. The number of ether oxygens (including phenoxy) is 1.